The van der Waals surface area contributed by atoms with E-state index >= 15 is 0 Å². The van der Waals surface area contributed by atoms with Crippen molar-refractivity contribution < 1.29 is 9.47 Å². The molecule has 2 aromatic rings. The first kappa shape index (κ1) is 13.5. The molecule has 0 fully saturated rings. The third-order valence-corrected chi connectivity index (χ3v) is 3.23. The highest BCUT2D eigenvalue weighted by atomic mass is 16.5. The predicted molar refractivity (Wildman–Crippen MR) is 77.9 cm³/mol. The van der Waals surface area contributed by atoms with Gasteiger partial charge >= 0.3 is 0 Å². The van der Waals surface area contributed by atoms with E-state index in [1.165, 1.54) is 5.56 Å². The van der Waals surface area contributed by atoms with Crippen molar-refractivity contribution in [3.05, 3.63) is 48.0 Å². The van der Waals surface area contributed by atoms with Crippen LogP contribution in [0.4, 0.5) is 0 Å². The Bertz CT molecular complexity index is 519. The molecule has 0 unspecified atom stereocenters. The molecule has 1 radical (unpaired) electrons. The zero-order valence-electron chi connectivity index (χ0n) is 11.9. The Balaban J connectivity index is 2.51. The maximum Gasteiger partial charge on any atom is 0.131 e. The molecular weight excluding hydrogens is 236 g/mol. The maximum atomic E-state index is 5.41. The molecule has 99 valence electrons. The van der Waals surface area contributed by atoms with E-state index in [-0.39, 0.29) is 0 Å². The van der Waals surface area contributed by atoms with Crippen molar-refractivity contribution in [3.63, 3.8) is 0 Å². The van der Waals surface area contributed by atoms with Crippen molar-refractivity contribution in [1.29, 1.82) is 0 Å². The topological polar surface area (TPSA) is 18.5 Å². The van der Waals surface area contributed by atoms with Gasteiger partial charge in [0.2, 0.25) is 0 Å². The lowest BCUT2D eigenvalue weighted by Gasteiger charge is -2.14. The maximum absolute atomic E-state index is 5.41. The van der Waals surface area contributed by atoms with Crippen LogP contribution in [0.2, 0.25) is 0 Å². The second kappa shape index (κ2) is 5.79. The minimum absolute atomic E-state index is 0.530. The van der Waals surface area contributed by atoms with Crippen molar-refractivity contribution in [2.75, 3.05) is 14.2 Å². The van der Waals surface area contributed by atoms with E-state index in [0.29, 0.717) is 5.92 Å². The van der Waals surface area contributed by atoms with E-state index in [0.717, 1.165) is 22.6 Å². The SMILES string of the molecule is COc1c[c]cc(OC)c1-c1ccc(C(C)C)cc1. The standard InChI is InChI=1S/C17H19O2/c1-12(2)13-8-10-14(11-9-13)17-15(18-3)6-5-7-16(17)19-4/h6-12H,1-4H3. The largest absolute Gasteiger partial charge is 0.496 e. The number of hydrogen-bond donors (Lipinski definition) is 0. The zero-order chi connectivity index (χ0) is 13.8. The molecule has 0 aliphatic rings. The normalized spacial score (nSPS) is 10.6. The van der Waals surface area contributed by atoms with Crippen molar-refractivity contribution in [3.8, 4) is 22.6 Å². The average molecular weight is 255 g/mol. The summed E-state index contributed by atoms with van der Waals surface area (Å²) < 4.78 is 10.8. The summed E-state index contributed by atoms with van der Waals surface area (Å²) in [6.07, 6.45) is 0. The minimum atomic E-state index is 0.530. The Kier molecular flexibility index (Phi) is 4.10. The van der Waals surface area contributed by atoms with E-state index in [9.17, 15) is 0 Å². The first-order valence-corrected chi connectivity index (χ1v) is 6.39. The third-order valence-electron chi connectivity index (χ3n) is 3.23. The third kappa shape index (κ3) is 2.73. The molecule has 2 heteroatoms. The lowest BCUT2D eigenvalue weighted by atomic mass is 9.98. The van der Waals surface area contributed by atoms with Crippen molar-refractivity contribution in [1.82, 2.24) is 0 Å². The van der Waals surface area contributed by atoms with Crippen LogP contribution in [0, 0.1) is 6.07 Å². The van der Waals surface area contributed by atoms with Crippen LogP contribution in [0.3, 0.4) is 0 Å². The first-order valence-electron chi connectivity index (χ1n) is 6.39. The van der Waals surface area contributed by atoms with E-state index in [1.54, 1.807) is 14.2 Å². The van der Waals surface area contributed by atoms with Crippen LogP contribution < -0.4 is 9.47 Å². The van der Waals surface area contributed by atoms with Crippen LogP contribution in [0.5, 0.6) is 11.5 Å². The summed E-state index contributed by atoms with van der Waals surface area (Å²) in [5.41, 5.74) is 3.38. The molecule has 0 N–H and O–H groups in total. The van der Waals surface area contributed by atoms with Gasteiger partial charge in [-0.15, -0.1) is 0 Å². The number of benzene rings is 2. The Morgan fingerprint density at radius 2 is 1.42 bits per heavy atom. The Morgan fingerprint density at radius 3 is 1.84 bits per heavy atom. The van der Waals surface area contributed by atoms with E-state index < -0.39 is 0 Å². The van der Waals surface area contributed by atoms with Gasteiger partial charge in [-0.05, 0) is 35.2 Å². The van der Waals surface area contributed by atoms with Gasteiger partial charge in [-0.2, -0.15) is 0 Å². The van der Waals surface area contributed by atoms with Gasteiger partial charge in [0, 0.05) is 0 Å². The summed E-state index contributed by atoms with van der Waals surface area (Å²) in [5.74, 6) is 2.08. The van der Waals surface area contributed by atoms with E-state index in [2.05, 4.69) is 44.2 Å². The summed E-state index contributed by atoms with van der Waals surface area (Å²) in [6, 6.07) is 15.2. The molecule has 2 nitrogen and oxygen atoms in total. The van der Waals surface area contributed by atoms with E-state index in [1.807, 2.05) is 12.1 Å². The molecule has 0 heterocycles. The fraction of sp³-hybridized carbons (Fsp3) is 0.294. The molecule has 0 spiro atoms. The van der Waals surface area contributed by atoms with Gasteiger partial charge in [-0.25, -0.2) is 0 Å². The molecule has 0 amide bonds. The van der Waals surface area contributed by atoms with Crippen LogP contribution in [-0.4, -0.2) is 14.2 Å². The number of ether oxygens (including phenoxy) is 2. The first-order chi connectivity index (χ1) is 9.17. The van der Waals surface area contributed by atoms with Crippen LogP contribution in [0.25, 0.3) is 11.1 Å². The van der Waals surface area contributed by atoms with E-state index in [4.69, 9.17) is 9.47 Å². The molecule has 0 aromatic heterocycles. The molecule has 2 aromatic carbocycles. The minimum Gasteiger partial charge on any atom is -0.496 e. The molecule has 0 saturated carbocycles. The van der Waals surface area contributed by atoms with Crippen LogP contribution in [0.1, 0.15) is 25.3 Å². The summed E-state index contributed by atoms with van der Waals surface area (Å²) in [4.78, 5) is 0. The predicted octanol–water partition coefficient (Wildman–Crippen LogP) is 4.29. The zero-order valence-corrected chi connectivity index (χ0v) is 11.9. The van der Waals surface area contributed by atoms with Gasteiger partial charge < -0.3 is 9.47 Å². The van der Waals surface area contributed by atoms with Gasteiger partial charge in [-0.1, -0.05) is 38.1 Å². The molecule has 0 bridgehead atoms. The lowest BCUT2D eigenvalue weighted by molar-refractivity contribution is 0.397. The van der Waals surface area contributed by atoms with Gasteiger partial charge in [-0.3, -0.25) is 0 Å². The van der Waals surface area contributed by atoms with Crippen molar-refractivity contribution in [2.45, 2.75) is 19.8 Å². The number of hydrogen-bond acceptors (Lipinski definition) is 2. The quantitative estimate of drug-likeness (QED) is 0.811. The fourth-order valence-electron chi connectivity index (χ4n) is 2.10. The molecule has 0 aliphatic carbocycles. The molecule has 19 heavy (non-hydrogen) atoms. The molecule has 0 atom stereocenters. The Morgan fingerprint density at radius 1 is 0.895 bits per heavy atom. The summed E-state index contributed by atoms with van der Waals surface area (Å²) in [6.45, 7) is 4.38. The van der Waals surface area contributed by atoms with Gasteiger partial charge in [0.25, 0.3) is 0 Å². The highest BCUT2D eigenvalue weighted by Gasteiger charge is 2.12. The fourth-order valence-corrected chi connectivity index (χ4v) is 2.10. The van der Waals surface area contributed by atoms with Gasteiger partial charge in [0.1, 0.15) is 11.5 Å². The van der Waals surface area contributed by atoms with Crippen LogP contribution >= 0.6 is 0 Å². The highest BCUT2D eigenvalue weighted by Crippen LogP contribution is 2.38. The Hall–Kier alpha value is -1.96. The van der Waals surface area contributed by atoms with Gasteiger partial charge in [0.05, 0.1) is 19.8 Å². The second-order valence-corrected chi connectivity index (χ2v) is 4.74. The monoisotopic (exact) mass is 255 g/mol. The van der Waals surface area contributed by atoms with Crippen LogP contribution in [0.15, 0.2) is 36.4 Å². The average Bonchev–Trinajstić information content (AvgIpc) is 2.46. The van der Waals surface area contributed by atoms with Crippen molar-refractivity contribution in [2.24, 2.45) is 0 Å². The summed E-state index contributed by atoms with van der Waals surface area (Å²) >= 11 is 0. The molecular formula is C17H19O2. The molecule has 2 rings (SSSR count). The number of rotatable bonds is 4. The Labute approximate surface area is 115 Å². The van der Waals surface area contributed by atoms with Crippen LogP contribution in [-0.2, 0) is 0 Å². The second-order valence-electron chi connectivity index (χ2n) is 4.74. The number of methoxy groups -OCH3 is 2. The molecule has 0 saturated heterocycles. The van der Waals surface area contributed by atoms with Gasteiger partial charge in [0.15, 0.2) is 0 Å². The lowest BCUT2D eigenvalue weighted by Crippen LogP contribution is -1.93. The smallest absolute Gasteiger partial charge is 0.131 e. The summed E-state index contributed by atoms with van der Waals surface area (Å²) in [5, 5.41) is 0. The molecule has 0 aliphatic heterocycles. The highest BCUT2D eigenvalue weighted by molar-refractivity contribution is 5.76. The van der Waals surface area contributed by atoms with Crippen molar-refractivity contribution >= 4 is 0 Å². The summed E-state index contributed by atoms with van der Waals surface area (Å²) in [7, 11) is 3.32.